The van der Waals surface area contributed by atoms with Crippen molar-refractivity contribution in [2.45, 2.75) is 52.2 Å². The Kier molecular flexibility index (Phi) is 5.14. The standard InChI is InChI=1S/C13H23NO4/c1-5-6-11(15)9-7-17-8-10(9)14-12(16)18-13(2,3)4/h9-10H,5-8H2,1-4H3,(H,14,16). The number of hydrogen-bond acceptors (Lipinski definition) is 4. The van der Waals surface area contributed by atoms with Crippen LogP contribution in [0.25, 0.3) is 0 Å². The van der Waals surface area contributed by atoms with Crippen LogP contribution in [-0.4, -0.2) is 36.7 Å². The molecule has 18 heavy (non-hydrogen) atoms. The van der Waals surface area contributed by atoms with E-state index in [1.807, 2.05) is 6.92 Å². The van der Waals surface area contributed by atoms with Crippen molar-refractivity contribution in [3.63, 3.8) is 0 Å². The Bertz CT molecular complexity index is 309. The maximum absolute atomic E-state index is 11.9. The average molecular weight is 257 g/mol. The first-order chi connectivity index (χ1) is 8.33. The van der Waals surface area contributed by atoms with Gasteiger partial charge in [0.25, 0.3) is 0 Å². The zero-order chi connectivity index (χ0) is 13.8. The highest BCUT2D eigenvalue weighted by atomic mass is 16.6. The van der Waals surface area contributed by atoms with E-state index in [0.717, 1.165) is 6.42 Å². The fourth-order valence-electron chi connectivity index (χ4n) is 1.90. The number of rotatable bonds is 4. The minimum atomic E-state index is -0.535. The summed E-state index contributed by atoms with van der Waals surface area (Å²) in [7, 11) is 0. The Hall–Kier alpha value is -1.10. The number of Topliss-reactive ketones (excluding diaryl/α,β-unsaturated/α-hetero) is 1. The molecule has 0 aromatic heterocycles. The topological polar surface area (TPSA) is 64.6 Å². The number of ketones is 1. The van der Waals surface area contributed by atoms with Gasteiger partial charge in [0.2, 0.25) is 0 Å². The van der Waals surface area contributed by atoms with E-state index in [-0.39, 0.29) is 17.7 Å². The molecule has 0 saturated carbocycles. The minimum Gasteiger partial charge on any atom is -0.444 e. The minimum absolute atomic E-state index is 0.149. The first-order valence-corrected chi connectivity index (χ1v) is 6.43. The SMILES string of the molecule is CCCC(=O)C1COCC1NC(=O)OC(C)(C)C. The molecule has 1 N–H and O–H groups in total. The lowest BCUT2D eigenvalue weighted by molar-refractivity contribution is -0.123. The van der Waals surface area contributed by atoms with Crippen molar-refractivity contribution in [2.75, 3.05) is 13.2 Å². The van der Waals surface area contributed by atoms with Crippen LogP contribution in [0.4, 0.5) is 4.79 Å². The summed E-state index contributed by atoms with van der Waals surface area (Å²) in [5.74, 6) is -0.0893. The highest BCUT2D eigenvalue weighted by Crippen LogP contribution is 2.18. The molecule has 5 nitrogen and oxygen atoms in total. The normalized spacial score (nSPS) is 23.8. The summed E-state index contributed by atoms with van der Waals surface area (Å²) in [5, 5.41) is 2.72. The summed E-state index contributed by atoms with van der Waals surface area (Å²) in [6.45, 7) is 8.13. The third kappa shape index (κ3) is 4.64. The van der Waals surface area contributed by atoms with E-state index in [0.29, 0.717) is 19.6 Å². The van der Waals surface area contributed by atoms with E-state index in [9.17, 15) is 9.59 Å². The molecule has 2 unspecified atom stereocenters. The van der Waals surface area contributed by atoms with Crippen molar-refractivity contribution >= 4 is 11.9 Å². The summed E-state index contributed by atoms with van der Waals surface area (Å²) in [5.41, 5.74) is -0.535. The molecular weight excluding hydrogens is 234 g/mol. The van der Waals surface area contributed by atoms with Gasteiger partial charge in [-0.2, -0.15) is 0 Å². The van der Waals surface area contributed by atoms with Gasteiger partial charge in [0.1, 0.15) is 11.4 Å². The second-order valence-electron chi connectivity index (χ2n) is 5.61. The van der Waals surface area contributed by atoms with Gasteiger partial charge in [-0.25, -0.2) is 4.79 Å². The molecule has 104 valence electrons. The highest BCUT2D eigenvalue weighted by molar-refractivity contribution is 5.83. The zero-order valence-corrected chi connectivity index (χ0v) is 11.6. The van der Waals surface area contributed by atoms with Gasteiger partial charge in [-0.15, -0.1) is 0 Å². The number of carbonyl (C=O) groups is 2. The second kappa shape index (κ2) is 6.18. The van der Waals surface area contributed by atoms with Gasteiger partial charge in [-0.1, -0.05) is 6.92 Å². The molecule has 0 aliphatic carbocycles. The molecule has 2 atom stereocenters. The zero-order valence-electron chi connectivity index (χ0n) is 11.6. The number of nitrogens with one attached hydrogen (secondary N) is 1. The summed E-state index contributed by atoms with van der Waals surface area (Å²) in [6.07, 6.45) is 0.849. The molecule has 0 bridgehead atoms. The predicted molar refractivity (Wildman–Crippen MR) is 67.4 cm³/mol. The van der Waals surface area contributed by atoms with E-state index in [1.165, 1.54) is 0 Å². The van der Waals surface area contributed by atoms with Gasteiger partial charge in [0, 0.05) is 6.42 Å². The predicted octanol–water partition coefficient (Wildman–Crippen LogP) is 1.90. The molecular formula is C13H23NO4. The van der Waals surface area contributed by atoms with E-state index in [1.54, 1.807) is 20.8 Å². The molecule has 1 rings (SSSR count). The van der Waals surface area contributed by atoms with Crippen molar-refractivity contribution in [1.82, 2.24) is 5.32 Å². The van der Waals surface area contributed by atoms with Crippen LogP contribution in [0.5, 0.6) is 0 Å². The lowest BCUT2D eigenvalue weighted by atomic mass is 9.96. The van der Waals surface area contributed by atoms with Gasteiger partial charge in [0.05, 0.1) is 25.2 Å². The lowest BCUT2D eigenvalue weighted by Crippen LogP contribution is -2.44. The van der Waals surface area contributed by atoms with Crippen molar-refractivity contribution in [2.24, 2.45) is 5.92 Å². The van der Waals surface area contributed by atoms with Crippen LogP contribution in [0, 0.1) is 5.92 Å². The van der Waals surface area contributed by atoms with E-state index in [4.69, 9.17) is 9.47 Å². The number of alkyl carbamates (subject to hydrolysis) is 1. The third-order valence-electron chi connectivity index (χ3n) is 2.69. The number of hydrogen-bond donors (Lipinski definition) is 1. The van der Waals surface area contributed by atoms with E-state index < -0.39 is 11.7 Å². The molecule has 1 amide bonds. The van der Waals surface area contributed by atoms with Crippen LogP contribution in [0.15, 0.2) is 0 Å². The van der Waals surface area contributed by atoms with Gasteiger partial charge in [0.15, 0.2) is 0 Å². The van der Waals surface area contributed by atoms with Crippen molar-refractivity contribution in [3.8, 4) is 0 Å². The van der Waals surface area contributed by atoms with Gasteiger partial charge < -0.3 is 14.8 Å². The number of ether oxygens (including phenoxy) is 2. The van der Waals surface area contributed by atoms with Gasteiger partial charge in [-0.3, -0.25) is 4.79 Å². The molecule has 0 aromatic rings. The molecule has 0 aromatic carbocycles. The van der Waals surface area contributed by atoms with Crippen LogP contribution in [0.3, 0.4) is 0 Å². The monoisotopic (exact) mass is 257 g/mol. The highest BCUT2D eigenvalue weighted by Gasteiger charge is 2.35. The Morgan fingerprint density at radius 1 is 1.33 bits per heavy atom. The third-order valence-corrected chi connectivity index (χ3v) is 2.69. The summed E-state index contributed by atoms with van der Waals surface area (Å²) in [6, 6.07) is -0.265. The lowest BCUT2D eigenvalue weighted by Gasteiger charge is -2.23. The fraction of sp³-hybridized carbons (Fsp3) is 0.846. The second-order valence-corrected chi connectivity index (χ2v) is 5.61. The Labute approximate surface area is 108 Å². The maximum Gasteiger partial charge on any atom is 0.407 e. The van der Waals surface area contributed by atoms with Crippen LogP contribution in [0.1, 0.15) is 40.5 Å². The first kappa shape index (κ1) is 15.0. The fourth-order valence-corrected chi connectivity index (χ4v) is 1.90. The molecule has 1 fully saturated rings. The van der Waals surface area contributed by atoms with Crippen LogP contribution in [0.2, 0.25) is 0 Å². The Balaban J connectivity index is 2.50. The molecule has 1 aliphatic rings. The summed E-state index contributed by atoms with van der Waals surface area (Å²) < 4.78 is 10.4. The van der Waals surface area contributed by atoms with Crippen molar-refractivity contribution in [3.05, 3.63) is 0 Å². The van der Waals surface area contributed by atoms with Gasteiger partial charge in [-0.05, 0) is 27.2 Å². The summed E-state index contributed by atoms with van der Waals surface area (Å²) >= 11 is 0. The Morgan fingerprint density at radius 3 is 2.56 bits per heavy atom. The number of amides is 1. The van der Waals surface area contributed by atoms with Gasteiger partial charge >= 0.3 is 6.09 Å². The van der Waals surface area contributed by atoms with Crippen LogP contribution < -0.4 is 5.32 Å². The molecule has 1 saturated heterocycles. The quantitative estimate of drug-likeness (QED) is 0.835. The smallest absolute Gasteiger partial charge is 0.407 e. The molecule has 1 heterocycles. The largest absolute Gasteiger partial charge is 0.444 e. The maximum atomic E-state index is 11.9. The van der Waals surface area contributed by atoms with E-state index in [2.05, 4.69) is 5.32 Å². The molecule has 5 heteroatoms. The van der Waals surface area contributed by atoms with Crippen molar-refractivity contribution < 1.29 is 19.1 Å². The molecule has 0 radical (unpaired) electrons. The first-order valence-electron chi connectivity index (χ1n) is 6.43. The Morgan fingerprint density at radius 2 is 2.00 bits per heavy atom. The summed E-state index contributed by atoms with van der Waals surface area (Å²) in [4.78, 5) is 23.5. The van der Waals surface area contributed by atoms with E-state index >= 15 is 0 Å². The molecule has 1 aliphatic heterocycles. The molecule has 0 spiro atoms. The van der Waals surface area contributed by atoms with Crippen LogP contribution >= 0.6 is 0 Å². The van der Waals surface area contributed by atoms with Crippen LogP contribution in [-0.2, 0) is 14.3 Å². The van der Waals surface area contributed by atoms with Crippen molar-refractivity contribution in [1.29, 1.82) is 0 Å². The average Bonchev–Trinajstić information content (AvgIpc) is 2.62. The number of carbonyl (C=O) groups excluding carboxylic acids is 2.